The molecule has 2 N–H and O–H groups in total. The average Bonchev–Trinajstić information content (AvgIpc) is 2.90. The van der Waals surface area contributed by atoms with E-state index in [1.54, 1.807) is 0 Å². The van der Waals surface area contributed by atoms with E-state index in [1.807, 2.05) is 28.8 Å². The second-order valence-corrected chi connectivity index (χ2v) is 4.38. The highest BCUT2D eigenvalue weighted by Gasteiger charge is 2.14. The fourth-order valence-corrected chi connectivity index (χ4v) is 2.41. The first-order valence-corrected chi connectivity index (χ1v) is 5.78. The smallest absolute Gasteiger partial charge is 0.138 e. The van der Waals surface area contributed by atoms with Crippen molar-refractivity contribution in [2.75, 3.05) is 18.8 Å². The molecule has 2 aromatic heterocycles. The maximum atomic E-state index is 5.98. The predicted octanol–water partition coefficient (Wildman–Crippen LogP) is 1.51. The molecule has 0 bridgehead atoms. The molecule has 3 rings (SSSR count). The van der Waals surface area contributed by atoms with Crippen molar-refractivity contribution in [3.8, 4) is 0 Å². The third-order valence-corrected chi connectivity index (χ3v) is 3.22. The average molecular weight is 216 g/mol. The second-order valence-electron chi connectivity index (χ2n) is 4.38. The first kappa shape index (κ1) is 9.66. The first-order valence-electron chi connectivity index (χ1n) is 5.78. The van der Waals surface area contributed by atoms with Crippen LogP contribution in [0.15, 0.2) is 24.4 Å². The molecule has 84 valence electrons. The van der Waals surface area contributed by atoms with Crippen LogP contribution < -0.4 is 5.73 Å². The number of anilines is 1. The maximum absolute atomic E-state index is 5.98. The van der Waals surface area contributed by atoms with Gasteiger partial charge in [-0.05, 0) is 38.1 Å². The Morgan fingerprint density at radius 2 is 2.06 bits per heavy atom. The number of rotatable bonds is 2. The molecule has 0 unspecified atom stereocenters. The Labute approximate surface area is 94.7 Å². The molecule has 3 heterocycles. The van der Waals surface area contributed by atoms with Gasteiger partial charge < -0.3 is 5.73 Å². The van der Waals surface area contributed by atoms with Gasteiger partial charge in [0.05, 0.1) is 11.9 Å². The van der Waals surface area contributed by atoms with E-state index in [-0.39, 0.29) is 0 Å². The molecule has 0 spiro atoms. The molecule has 1 aliphatic heterocycles. The van der Waals surface area contributed by atoms with Gasteiger partial charge in [-0.2, -0.15) is 0 Å². The molecule has 4 heteroatoms. The van der Waals surface area contributed by atoms with Gasteiger partial charge in [-0.25, -0.2) is 4.98 Å². The number of likely N-dealkylation sites (tertiary alicyclic amines) is 1. The molecule has 1 fully saturated rings. The summed E-state index contributed by atoms with van der Waals surface area (Å²) in [7, 11) is 0. The zero-order chi connectivity index (χ0) is 11.0. The highest BCUT2D eigenvalue weighted by Crippen LogP contribution is 2.16. The topological polar surface area (TPSA) is 46.6 Å². The lowest BCUT2D eigenvalue weighted by Crippen LogP contribution is -2.19. The zero-order valence-corrected chi connectivity index (χ0v) is 9.26. The first-order chi connectivity index (χ1) is 7.84. The summed E-state index contributed by atoms with van der Waals surface area (Å²) >= 11 is 0. The van der Waals surface area contributed by atoms with Gasteiger partial charge in [-0.15, -0.1) is 0 Å². The highest BCUT2D eigenvalue weighted by atomic mass is 15.2. The van der Waals surface area contributed by atoms with Gasteiger partial charge in [0.15, 0.2) is 0 Å². The van der Waals surface area contributed by atoms with E-state index in [4.69, 9.17) is 5.73 Å². The van der Waals surface area contributed by atoms with Gasteiger partial charge >= 0.3 is 0 Å². The Kier molecular flexibility index (Phi) is 2.29. The molecule has 4 nitrogen and oxygen atoms in total. The molecule has 1 saturated heterocycles. The lowest BCUT2D eigenvalue weighted by molar-refractivity contribution is 0.326. The van der Waals surface area contributed by atoms with E-state index < -0.39 is 0 Å². The van der Waals surface area contributed by atoms with Gasteiger partial charge in [-0.1, -0.05) is 6.07 Å². The van der Waals surface area contributed by atoms with Gasteiger partial charge in [0.25, 0.3) is 0 Å². The molecule has 16 heavy (non-hydrogen) atoms. The summed E-state index contributed by atoms with van der Waals surface area (Å²) < 4.78 is 2.04. The fraction of sp³-hybridized carbons (Fsp3) is 0.417. The normalized spacial score (nSPS) is 17.2. The molecule has 0 saturated carbocycles. The Morgan fingerprint density at radius 1 is 1.25 bits per heavy atom. The van der Waals surface area contributed by atoms with Crippen LogP contribution in [0.2, 0.25) is 0 Å². The number of nitrogens with zero attached hydrogens (tertiary/aromatic N) is 3. The third kappa shape index (κ3) is 1.55. The standard InChI is InChI=1S/C12H16N4/c13-11-4-3-5-12-14-8-10(16(11)12)9-15-6-1-2-7-15/h3-5,8H,1-2,6-7,9,13H2. The van der Waals surface area contributed by atoms with Crippen LogP contribution in [0.5, 0.6) is 0 Å². The minimum Gasteiger partial charge on any atom is -0.385 e. The summed E-state index contributed by atoms with van der Waals surface area (Å²) in [5.74, 6) is 0.768. The summed E-state index contributed by atoms with van der Waals surface area (Å²) in [5.41, 5.74) is 8.11. The Hall–Kier alpha value is -1.55. The monoisotopic (exact) mass is 216 g/mol. The van der Waals surface area contributed by atoms with E-state index in [2.05, 4.69) is 9.88 Å². The number of imidazole rings is 1. The number of hydrogen-bond acceptors (Lipinski definition) is 3. The summed E-state index contributed by atoms with van der Waals surface area (Å²) in [4.78, 5) is 6.83. The molecule has 2 aromatic rings. The molecular weight excluding hydrogens is 200 g/mol. The highest BCUT2D eigenvalue weighted by molar-refractivity contribution is 5.49. The van der Waals surface area contributed by atoms with Crippen molar-refractivity contribution in [1.29, 1.82) is 0 Å². The summed E-state index contributed by atoms with van der Waals surface area (Å²) in [6, 6.07) is 5.85. The van der Waals surface area contributed by atoms with Gasteiger partial charge in [0.2, 0.25) is 0 Å². The van der Waals surface area contributed by atoms with Crippen LogP contribution >= 0.6 is 0 Å². The molecule has 1 aliphatic rings. The predicted molar refractivity (Wildman–Crippen MR) is 64.1 cm³/mol. The SMILES string of the molecule is Nc1cccc2ncc(CN3CCCC3)n12. The molecular formula is C12H16N4. The lowest BCUT2D eigenvalue weighted by atomic mass is 10.4. The maximum Gasteiger partial charge on any atom is 0.138 e. The van der Waals surface area contributed by atoms with Crippen LogP contribution in [0.4, 0.5) is 5.82 Å². The van der Waals surface area contributed by atoms with Crippen LogP contribution in [-0.2, 0) is 6.54 Å². The van der Waals surface area contributed by atoms with Crippen LogP contribution in [-0.4, -0.2) is 27.4 Å². The van der Waals surface area contributed by atoms with Gasteiger partial charge in [0.1, 0.15) is 11.5 Å². The largest absolute Gasteiger partial charge is 0.385 e. The third-order valence-electron chi connectivity index (χ3n) is 3.22. The molecule has 0 aliphatic carbocycles. The van der Waals surface area contributed by atoms with E-state index in [9.17, 15) is 0 Å². The van der Waals surface area contributed by atoms with Gasteiger partial charge in [-0.3, -0.25) is 9.30 Å². The Bertz CT molecular complexity index is 497. The lowest BCUT2D eigenvalue weighted by Gasteiger charge is -2.14. The van der Waals surface area contributed by atoms with Crippen LogP contribution in [0.25, 0.3) is 5.65 Å². The van der Waals surface area contributed by atoms with E-state index in [0.717, 1.165) is 18.0 Å². The van der Waals surface area contributed by atoms with Crippen molar-refractivity contribution >= 4 is 11.5 Å². The Morgan fingerprint density at radius 3 is 2.88 bits per heavy atom. The van der Waals surface area contributed by atoms with E-state index >= 15 is 0 Å². The zero-order valence-electron chi connectivity index (χ0n) is 9.26. The van der Waals surface area contributed by atoms with Crippen molar-refractivity contribution in [1.82, 2.24) is 14.3 Å². The molecule has 0 amide bonds. The number of nitrogen functional groups attached to an aromatic ring is 1. The minimum atomic E-state index is 0.768. The Balaban J connectivity index is 1.97. The van der Waals surface area contributed by atoms with Crippen LogP contribution in [0.1, 0.15) is 18.5 Å². The van der Waals surface area contributed by atoms with Crippen molar-refractivity contribution in [3.05, 3.63) is 30.1 Å². The summed E-state index contributed by atoms with van der Waals surface area (Å²) in [6.45, 7) is 3.34. The number of fused-ring (bicyclic) bond motifs is 1. The van der Waals surface area contributed by atoms with Crippen molar-refractivity contribution in [3.63, 3.8) is 0 Å². The van der Waals surface area contributed by atoms with Crippen molar-refractivity contribution in [2.45, 2.75) is 19.4 Å². The fourth-order valence-electron chi connectivity index (χ4n) is 2.41. The number of hydrogen-bond donors (Lipinski definition) is 1. The van der Waals surface area contributed by atoms with Crippen molar-refractivity contribution in [2.24, 2.45) is 0 Å². The number of aromatic nitrogens is 2. The van der Waals surface area contributed by atoms with Gasteiger partial charge in [0, 0.05) is 6.54 Å². The number of nitrogens with two attached hydrogens (primary N) is 1. The molecule has 0 radical (unpaired) electrons. The van der Waals surface area contributed by atoms with Crippen LogP contribution in [0.3, 0.4) is 0 Å². The van der Waals surface area contributed by atoms with E-state index in [1.165, 1.54) is 31.6 Å². The summed E-state index contributed by atoms with van der Waals surface area (Å²) in [6.07, 6.45) is 4.56. The molecule has 0 aromatic carbocycles. The number of pyridine rings is 1. The van der Waals surface area contributed by atoms with E-state index in [0.29, 0.717) is 0 Å². The molecule has 0 atom stereocenters. The quantitative estimate of drug-likeness (QED) is 0.827. The second kappa shape index (κ2) is 3.79. The summed E-state index contributed by atoms with van der Waals surface area (Å²) in [5, 5.41) is 0. The van der Waals surface area contributed by atoms with Crippen molar-refractivity contribution < 1.29 is 0 Å². The minimum absolute atomic E-state index is 0.768. The van der Waals surface area contributed by atoms with Crippen LogP contribution in [0, 0.1) is 0 Å².